The molecule has 0 aliphatic carbocycles. The van der Waals surface area contributed by atoms with Crippen molar-refractivity contribution in [3.05, 3.63) is 53.1 Å². The summed E-state index contributed by atoms with van der Waals surface area (Å²) < 4.78 is 36.3. The molecule has 1 amide bonds. The Morgan fingerprint density at radius 1 is 1.33 bits per heavy atom. The van der Waals surface area contributed by atoms with E-state index < -0.39 is 22.0 Å². The monoisotopic (exact) mass is 410 g/mol. The standard InChI is InChI=1S/C18H19ClN2O5S/c1-25-11-12-4-3-5-14(8-12)20-18(22)17-10-21(27(2,23)24)15-9-13(19)6-7-16(15)26-17/h3-9,17H,10-11H2,1-2H3,(H,20,22)/t17-/m1/s1. The van der Waals surface area contributed by atoms with Crippen LogP contribution in [0.2, 0.25) is 5.02 Å². The topological polar surface area (TPSA) is 84.9 Å². The number of amides is 1. The van der Waals surface area contributed by atoms with Crippen molar-refractivity contribution in [2.45, 2.75) is 12.7 Å². The van der Waals surface area contributed by atoms with Crippen molar-refractivity contribution in [2.24, 2.45) is 0 Å². The predicted molar refractivity (Wildman–Crippen MR) is 104 cm³/mol. The molecule has 1 N–H and O–H groups in total. The molecular weight excluding hydrogens is 392 g/mol. The molecule has 2 aromatic rings. The number of hydrogen-bond acceptors (Lipinski definition) is 5. The van der Waals surface area contributed by atoms with Crippen LogP contribution in [-0.2, 0) is 26.2 Å². The molecule has 0 aromatic heterocycles. The molecule has 27 heavy (non-hydrogen) atoms. The van der Waals surface area contributed by atoms with Crippen LogP contribution in [-0.4, -0.2) is 40.3 Å². The number of benzene rings is 2. The third-order valence-corrected chi connectivity index (χ3v) is 5.37. The van der Waals surface area contributed by atoms with Gasteiger partial charge in [-0.25, -0.2) is 8.42 Å². The van der Waals surface area contributed by atoms with Gasteiger partial charge in [0.15, 0.2) is 6.10 Å². The Hall–Kier alpha value is -2.29. The van der Waals surface area contributed by atoms with Crippen molar-refractivity contribution < 1.29 is 22.7 Å². The molecule has 1 aliphatic rings. The summed E-state index contributed by atoms with van der Waals surface area (Å²) in [5, 5.41) is 3.14. The van der Waals surface area contributed by atoms with E-state index in [0.717, 1.165) is 16.1 Å². The summed E-state index contributed by atoms with van der Waals surface area (Å²) in [4.78, 5) is 12.7. The number of rotatable bonds is 5. The lowest BCUT2D eigenvalue weighted by Gasteiger charge is -2.34. The van der Waals surface area contributed by atoms with Crippen LogP contribution >= 0.6 is 11.6 Å². The summed E-state index contributed by atoms with van der Waals surface area (Å²) >= 11 is 5.97. The van der Waals surface area contributed by atoms with E-state index in [1.54, 1.807) is 37.4 Å². The Balaban J connectivity index is 1.84. The van der Waals surface area contributed by atoms with Crippen LogP contribution in [0.25, 0.3) is 0 Å². The Morgan fingerprint density at radius 3 is 2.81 bits per heavy atom. The van der Waals surface area contributed by atoms with Gasteiger partial charge >= 0.3 is 0 Å². The van der Waals surface area contributed by atoms with Gasteiger partial charge < -0.3 is 14.8 Å². The lowest BCUT2D eigenvalue weighted by molar-refractivity contribution is -0.122. The van der Waals surface area contributed by atoms with Gasteiger partial charge in [-0.2, -0.15) is 0 Å². The molecule has 144 valence electrons. The average molecular weight is 411 g/mol. The van der Waals surface area contributed by atoms with Crippen LogP contribution in [0, 0.1) is 0 Å². The van der Waals surface area contributed by atoms with Crippen LogP contribution < -0.4 is 14.4 Å². The molecule has 0 radical (unpaired) electrons. The molecule has 0 spiro atoms. The molecule has 0 bridgehead atoms. The van der Waals surface area contributed by atoms with Gasteiger partial charge in [-0.05, 0) is 35.9 Å². The summed E-state index contributed by atoms with van der Waals surface area (Å²) in [6, 6.07) is 11.8. The van der Waals surface area contributed by atoms with E-state index in [1.165, 1.54) is 6.07 Å². The zero-order valence-electron chi connectivity index (χ0n) is 14.8. The summed E-state index contributed by atoms with van der Waals surface area (Å²) in [5.41, 5.74) is 1.79. The molecule has 9 heteroatoms. The molecule has 0 fully saturated rings. The van der Waals surface area contributed by atoms with Crippen LogP contribution in [0.4, 0.5) is 11.4 Å². The number of anilines is 2. The smallest absolute Gasteiger partial charge is 0.267 e. The normalized spacial score (nSPS) is 16.4. The van der Waals surface area contributed by atoms with E-state index in [9.17, 15) is 13.2 Å². The van der Waals surface area contributed by atoms with E-state index in [4.69, 9.17) is 21.1 Å². The van der Waals surface area contributed by atoms with Crippen molar-refractivity contribution in [1.29, 1.82) is 0 Å². The molecular formula is C18H19ClN2O5S. The summed E-state index contributed by atoms with van der Waals surface area (Å²) in [5.74, 6) is -0.164. The van der Waals surface area contributed by atoms with Gasteiger partial charge in [-0.3, -0.25) is 9.10 Å². The zero-order chi connectivity index (χ0) is 19.6. The zero-order valence-corrected chi connectivity index (χ0v) is 16.4. The van der Waals surface area contributed by atoms with E-state index in [-0.39, 0.29) is 12.3 Å². The third-order valence-electron chi connectivity index (χ3n) is 3.99. The summed E-state index contributed by atoms with van der Waals surface area (Å²) in [6.45, 7) is 0.273. The lowest BCUT2D eigenvalue weighted by Crippen LogP contribution is -2.48. The van der Waals surface area contributed by atoms with Gasteiger partial charge in [0, 0.05) is 17.8 Å². The second-order valence-corrected chi connectivity index (χ2v) is 8.48. The number of sulfonamides is 1. The van der Waals surface area contributed by atoms with Gasteiger partial charge in [0.05, 0.1) is 25.1 Å². The number of hydrogen-bond donors (Lipinski definition) is 1. The Bertz CT molecular complexity index is 964. The summed E-state index contributed by atoms with van der Waals surface area (Å²) in [6.07, 6.45) is 0.0751. The molecule has 0 saturated heterocycles. The van der Waals surface area contributed by atoms with Crippen molar-refractivity contribution >= 4 is 38.9 Å². The number of methoxy groups -OCH3 is 1. The fourth-order valence-electron chi connectivity index (χ4n) is 2.80. The Kier molecular flexibility index (Phi) is 5.59. The molecule has 1 aliphatic heterocycles. The Labute approximate surface area is 162 Å². The molecule has 0 unspecified atom stereocenters. The summed E-state index contributed by atoms with van der Waals surface area (Å²) in [7, 11) is -2.02. The van der Waals surface area contributed by atoms with E-state index in [0.29, 0.717) is 23.0 Å². The van der Waals surface area contributed by atoms with Gasteiger partial charge in [-0.1, -0.05) is 23.7 Å². The maximum absolute atomic E-state index is 12.7. The number of carbonyl (C=O) groups excluding carboxylic acids is 1. The highest BCUT2D eigenvalue weighted by Gasteiger charge is 2.35. The number of halogens is 1. The first-order valence-electron chi connectivity index (χ1n) is 8.10. The van der Waals surface area contributed by atoms with Crippen LogP contribution in [0.5, 0.6) is 5.75 Å². The predicted octanol–water partition coefficient (Wildman–Crippen LogP) is 2.65. The van der Waals surface area contributed by atoms with E-state index >= 15 is 0 Å². The maximum atomic E-state index is 12.7. The number of carbonyl (C=O) groups is 1. The highest BCUT2D eigenvalue weighted by atomic mass is 35.5. The first-order chi connectivity index (χ1) is 12.8. The molecule has 0 saturated carbocycles. The fraction of sp³-hybridized carbons (Fsp3) is 0.278. The average Bonchev–Trinajstić information content (AvgIpc) is 2.60. The number of nitrogens with one attached hydrogen (secondary N) is 1. The van der Waals surface area contributed by atoms with E-state index in [2.05, 4.69) is 5.32 Å². The minimum Gasteiger partial charge on any atom is -0.476 e. The molecule has 1 atom stereocenters. The SMILES string of the molecule is COCc1cccc(NC(=O)[C@H]2CN(S(C)(=O)=O)c3cc(Cl)ccc3O2)c1. The molecule has 3 rings (SSSR count). The van der Waals surface area contributed by atoms with Gasteiger partial charge in [0.1, 0.15) is 5.75 Å². The van der Waals surface area contributed by atoms with Crippen LogP contribution in [0.1, 0.15) is 5.56 Å². The maximum Gasteiger partial charge on any atom is 0.267 e. The third kappa shape index (κ3) is 4.52. The second kappa shape index (κ2) is 7.75. The van der Waals surface area contributed by atoms with Crippen molar-refractivity contribution in [3.63, 3.8) is 0 Å². The molecule has 2 aromatic carbocycles. The number of nitrogens with zero attached hydrogens (tertiary/aromatic N) is 1. The van der Waals surface area contributed by atoms with Crippen molar-refractivity contribution in [2.75, 3.05) is 29.5 Å². The quantitative estimate of drug-likeness (QED) is 0.819. The Morgan fingerprint density at radius 2 is 2.11 bits per heavy atom. The van der Waals surface area contributed by atoms with Crippen LogP contribution in [0.3, 0.4) is 0 Å². The molecule has 1 heterocycles. The highest BCUT2D eigenvalue weighted by Crippen LogP contribution is 2.37. The minimum absolute atomic E-state index is 0.143. The van der Waals surface area contributed by atoms with Gasteiger partial charge in [-0.15, -0.1) is 0 Å². The van der Waals surface area contributed by atoms with Crippen LogP contribution in [0.15, 0.2) is 42.5 Å². The largest absolute Gasteiger partial charge is 0.476 e. The van der Waals surface area contributed by atoms with Gasteiger partial charge in [0.25, 0.3) is 5.91 Å². The number of ether oxygens (including phenoxy) is 2. The lowest BCUT2D eigenvalue weighted by atomic mass is 10.2. The minimum atomic E-state index is -3.61. The molecule has 7 nitrogen and oxygen atoms in total. The van der Waals surface area contributed by atoms with Crippen molar-refractivity contribution in [1.82, 2.24) is 0 Å². The van der Waals surface area contributed by atoms with Crippen molar-refractivity contribution in [3.8, 4) is 5.75 Å². The van der Waals surface area contributed by atoms with E-state index in [1.807, 2.05) is 6.07 Å². The highest BCUT2D eigenvalue weighted by molar-refractivity contribution is 7.92. The van der Waals surface area contributed by atoms with Gasteiger partial charge in [0.2, 0.25) is 10.0 Å². The second-order valence-electron chi connectivity index (χ2n) is 6.14. The number of fused-ring (bicyclic) bond motifs is 1. The fourth-order valence-corrected chi connectivity index (χ4v) is 3.88. The first-order valence-corrected chi connectivity index (χ1v) is 10.3. The first kappa shape index (κ1) is 19.5.